The van der Waals surface area contributed by atoms with Crippen LogP contribution in [0.15, 0.2) is 42.5 Å². The number of hydrogen-bond acceptors (Lipinski definition) is 6. The van der Waals surface area contributed by atoms with E-state index in [1.54, 1.807) is 6.92 Å². The molecule has 0 aliphatic heterocycles. The fraction of sp³-hybridized carbons (Fsp3) is 0.417. The molecule has 0 saturated heterocycles. The second kappa shape index (κ2) is 12.4. The number of non-ortho nitro benzene ring substituents is 1. The van der Waals surface area contributed by atoms with Crippen molar-refractivity contribution in [1.82, 2.24) is 10.2 Å². The minimum atomic E-state index is -4.04. The van der Waals surface area contributed by atoms with E-state index in [2.05, 4.69) is 5.32 Å². The Morgan fingerprint density at radius 2 is 1.81 bits per heavy atom. The number of nitrogens with one attached hydrogen (secondary N) is 1. The Morgan fingerprint density at radius 1 is 1.17 bits per heavy atom. The minimum absolute atomic E-state index is 0.0122. The van der Waals surface area contributed by atoms with Crippen LogP contribution in [0, 0.1) is 22.9 Å². The Balaban J connectivity index is 2.43. The summed E-state index contributed by atoms with van der Waals surface area (Å²) in [5.74, 6) is -1.59. The van der Waals surface area contributed by atoms with Crippen LogP contribution >= 0.6 is 0 Å². The number of amides is 2. The molecule has 2 amide bonds. The van der Waals surface area contributed by atoms with Crippen LogP contribution in [0.25, 0.3) is 0 Å². The largest absolute Gasteiger partial charge is 0.354 e. The number of aryl methyl sites for hydroxylation is 1. The smallest absolute Gasteiger partial charge is 0.271 e. The minimum Gasteiger partial charge on any atom is -0.354 e. The first-order valence-electron chi connectivity index (χ1n) is 11.4. The summed E-state index contributed by atoms with van der Waals surface area (Å²) in [7, 11) is -4.04. The number of anilines is 1. The van der Waals surface area contributed by atoms with E-state index in [0.717, 1.165) is 29.5 Å². The average Bonchev–Trinajstić information content (AvgIpc) is 2.81. The first-order valence-corrected chi connectivity index (χ1v) is 13.2. The third kappa shape index (κ3) is 7.74. The zero-order valence-electron chi connectivity index (χ0n) is 20.7. The molecule has 36 heavy (non-hydrogen) atoms. The molecule has 12 heteroatoms. The molecular formula is C24H31FN4O6S. The Labute approximate surface area is 210 Å². The molecule has 2 aromatic carbocycles. The summed E-state index contributed by atoms with van der Waals surface area (Å²) in [6, 6.07) is 8.15. The van der Waals surface area contributed by atoms with Crippen LogP contribution in [0.5, 0.6) is 0 Å². The maximum Gasteiger partial charge on any atom is 0.271 e. The molecule has 196 valence electrons. The lowest BCUT2D eigenvalue weighted by Crippen LogP contribution is -2.51. The average molecular weight is 523 g/mol. The Hall–Kier alpha value is -3.54. The molecular weight excluding hydrogens is 491 g/mol. The highest BCUT2D eigenvalue weighted by molar-refractivity contribution is 7.92. The lowest BCUT2D eigenvalue weighted by molar-refractivity contribution is -0.384. The van der Waals surface area contributed by atoms with Crippen molar-refractivity contribution in [3.05, 3.63) is 69.5 Å². The van der Waals surface area contributed by atoms with Gasteiger partial charge in [-0.25, -0.2) is 12.8 Å². The molecule has 0 fully saturated rings. The number of rotatable bonds is 12. The van der Waals surface area contributed by atoms with Crippen molar-refractivity contribution in [1.29, 1.82) is 0 Å². The molecule has 10 nitrogen and oxygen atoms in total. The first-order chi connectivity index (χ1) is 16.8. The number of nitrogens with zero attached hydrogens (tertiary/aromatic N) is 3. The summed E-state index contributed by atoms with van der Waals surface area (Å²) in [6.07, 6.45) is 2.50. The van der Waals surface area contributed by atoms with Crippen molar-refractivity contribution >= 4 is 33.2 Å². The van der Waals surface area contributed by atoms with Crippen molar-refractivity contribution in [2.75, 3.05) is 23.7 Å². The van der Waals surface area contributed by atoms with E-state index in [-0.39, 0.29) is 17.9 Å². The topological polar surface area (TPSA) is 130 Å². The van der Waals surface area contributed by atoms with Gasteiger partial charge in [-0.05, 0) is 43.5 Å². The van der Waals surface area contributed by atoms with Crippen LogP contribution in [-0.4, -0.2) is 55.4 Å². The molecule has 0 aliphatic rings. The fourth-order valence-electron chi connectivity index (χ4n) is 3.48. The first kappa shape index (κ1) is 28.7. The van der Waals surface area contributed by atoms with Gasteiger partial charge >= 0.3 is 0 Å². The van der Waals surface area contributed by atoms with E-state index in [0.29, 0.717) is 17.7 Å². The molecule has 0 heterocycles. The number of nitro benzene ring substituents is 1. The van der Waals surface area contributed by atoms with Gasteiger partial charge < -0.3 is 10.2 Å². The van der Waals surface area contributed by atoms with Crippen molar-refractivity contribution < 1.29 is 27.3 Å². The van der Waals surface area contributed by atoms with Gasteiger partial charge in [-0.1, -0.05) is 31.5 Å². The molecule has 1 unspecified atom stereocenters. The van der Waals surface area contributed by atoms with E-state index < -0.39 is 45.2 Å². The SMILES string of the molecule is CCCCNC(=O)C(C)N(Cc1ccc(F)cc1)C(=O)CN(c1cc([N+](=O)[O-])ccc1C)S(C)(=O)=O. The van der Waals surface area contributed by atoms with Gasteiger partial charge in [0, 0.05) is 25.2 Å². The van der Waals surface area contributed by atoms with Crippen LogP contribution in [0.4, 0.5) is 15.8 Å². The number of carbonyl (C=O) groups excluding carboxylic acids is 2. The summed E-state index contributed by atoms with van der Waals surface area (Å²) < 4.78 is 39.5. The number of unbranched alkanes of at least 4 members (excludes halogenated alkanes) is 1. The third-order valence-electron chi connectivity index (χ3n) is 5.61. The molecule has 0 spiro atoms. The highest BCUT2D eigenvalue weighted by Gasteiger charge is 2.31. The molecule has 0 radical (unpaired) electrons. The zero-order chi connectivity index (χ0) is 27.0. The van der Waals surface area contributed by atoms with Crippen molar-refractivity contribution in [3.63, 3.8) is 0 Å². The predicted molar refractivity (Wildman–Crippen MR) is 134 cm³/mol. The molecule has 2 rings (SSSR count). The quantitative estimate of drug-likeness (QED) is 0.259. The van der Waals surface area contributed by atoms with E-state index in [1.807, 2.05) is 6.92 Å². The zero-order valence-corrected chi connectivity index (χ0v) is 21.5. The van der Waals surface area contributed by atoms with Crippen molar-refractivity contribution in [2.24, 2.45) is 0 Å². The number of nitro groups is 1. The Bertz CT molecular complexity index is 1200. The van der Waals surface area contributed by atoms with Crippen LogP contribution in [0.2, 0.25) is 0 Å². The van der Waals surface area contributed by atoms with Gasteiger partial charge in [0.25, 0.3) is 5.69 Å². The maximum absolute atomic E-state index is 13.5. The molecule has 0 aromatic heterocycles. The van der Waals surface area contributed by atoms with Gasteiger partial charge in [-0.2, -0.15) is 0 Å². The van der Waals surface area contributed by atoms with Crippen molar-refractivity contribution in [3.8, 4) is 0 Å². The second-order valence-electron chi connectivity index (χ2n) is 8.47. The van der Waals surface area contributed by atoms with E-state index in [9.17, 15) is 32.5 Å². The molecule has 2 aromatic rings. The second-order valence-corrected chi connectivity index (χ2v) is 10.4. The summed E-state index contributed by atoms with van der Waals surface area (Å²) in [5, 5.41) is 14.0. The summed E-state index contributed by atoms with van der Waals surface area (Å²) >= 11 is 0. The number of halogens is 1. The van der Waals surface area contributed by atoms with E-state index in [1.165, 1.54) is 48.2 Å². The van der Waals surface area contributed by atoms with Crippen LogP contribution < -0.4 is 9.62 Å². The van der Waals surface area contributed by atoms with Gasteiger partial charge in [0.1, 0.15) is 18.4 Å². The number of benzene rings is 2. The standard InChI is InChI=1S/C24H31FN4O6S/c1-5-6-13-26-24(31)18(3)27(15-19-8-10-20(25)11-9-19)23(30)16-28(36(4,34)35)22-14-21(29(32)33)12-7-17(22)2/h7-12,14,18H,5-6,13,15-16H2,1-4H3,(H,26,31). The normalized spacial score (nSPS) is 12.0. The van der Waals surface area contributed by atoms with Gasteiger partial charge in [-0.15, -0.1) is 0 Å². The summed E-state index contributed by atoms with van der Waals surface area (Å²) in [4.78, 5) is 38.1. The van der Waals surface area contributed by atoms with E-state index in [4.69, 9.17) is 0 Å². The number of hydrogen-bond donors (Lipinski definition) is 1. The van der Waals surface area contributed by atoms with Crippen LogP contribution in [-0.2, 0) is 26.2 Å². The fourth-order valence-corrected chi connectivity index (χ4v) is 4.38. The molecule has 0 bridgehead atoms. The highest BCUT2D eigenvalue weighted by atomic mass is 32.2. The van der Waals surface area contributed by atoms with Crippen molar-refractivity contribution in [2.45, 2.75) is 46.2 Å². The monoisotopic (exact) mass is 522 g/mol. The molecule has 1 N–H and O–H groups in total. The van der Waals surface area contributed by atoms with Gasteiger partial charge in [0.05, 0.1) is 16.9 Å². The molecule has 1 atom stereocenters. The van der Waals surface area contributed by atoms with Crippen LogP contribution in [0.1, 0.15) is 37.8 Å². The molecule has 0 aliphatic carbocycles. The van der Waals surface area contributed by atoms with Gasteiger partial charge in [-0.3, -0.25) is 24.0 Å². The maximum atomic E-state index is 13.5. The predicted octanol–water partition coefficient (Wildman–Crippen LogP) is 3.14. The number of carbonyl (C=O) groups is 2. The highest BCUT2D eigenvalue weighted by Crippen LogP contribution is 2.28. The van der Waals surface area contributed by atoms with Gasteiger partial charge in [0.2, 0.25) is 21.8 Å². The van der Waals surface area contributed by atoms with Gasteiger partial charge in [0.15, 0.2) is 0 Å². The van der Waals surface area contributed by atoms with E-state index >= 15 is 0 Å². The lowest BCUT2D eigenvalue weighted by atomic mass is 10.1. The summed E-state index contributed by atoms with van der Waals surface area (Å²) in [5.41, 5.74) is 0.607. The Morgan fingerprint density at radius 3 is 2.36 bits per heavy atom. The third-order valence-corrected chi connectivity index (χ3v) is 6.74. The Kier molecular flexibility index (Phi) is 9.91. The lowest BCUT2D eigenvalue weighted by Gasteiger charge is -2.31. The number of sulfonamides is 1. The molecule has 0 saturated carbocycles. The van der Waals surface area contributed by atoms with Crippen LogP contribution in [0.3, 0.4) is 0 Å². The summed E-state index contributed by atoms with van der Waals surface area (Å²) in [6.45, 7) is 4.71.